The van der Waals surface area contributed by atoms with Crippen LogP contribution in [-0.2, 0) is 13.1 Å². The molecule has 0 saturated carbocycles. The van der Waals surface area contributed by atoms with E-state index < -0.39 is 0 Å². The number of aryl methyl sites for hydroxylation is 2. The van der Waals surface area contributed by atoms with E-state index in [4.69, 9.17) is 5.73 Å². The number of nitrogens with zero attached hydrogens (tertiary/aromatic N) is 3. The Kier molecular flexibility index (Phi) is 5.14. The zero-order valence-corrected chi connectivity index (χ0v) is 14.6. The van der Waals surface area contributed by atoms with Crippen LogP contribution >= 0.6 is 0 Å². The Balaban J connectivity index is 1.69. The molecule has 0 fully saturated rings. The number of benzene rings is 2. The molecule has 5 nitrogen and oxygen atoms in total. The van der Waals surface area contributed by atoms with Crippen LogP contribution in [0.2, 0.25) is 0 Å². The summed E-state index contributed by atoms with van der Waals surface area (Å²) in [5.41, 5.74) is 11.8. The number of nitrogens with two attached hydrogens (primary N) is 1. The number of hydrogen-bond acceptors (Lipinski definition) is 2. The van der Waals surface area contributed by atoms with E-state index in [1.54, 1.807) is 6.20 Å². The van der Waals surface area contributed by atoms with Gasteiger partial charge in [-0.1, -0.05) is 30.3 Å². The summed E-state index contributed by atoms with van der Waals surface area (Å²) in [6.07, 6.45) is 3.74. The van der Waals surface area contributed by atoms with Crippen molar-refractivity contribution in [3.8, 4) is 0 Å². The molecule has 0 spiro atoms. The van der Waals surface area contributed by atoms with Crippen molar-refractivity contribution < 1.29 is 0 Å². The van der Waals surface area contributed by atoms with Gasteiger partial charge in [0, 0.05) is 18.1 Å². The molecule has 0 aliphatic rings. The first kappa shape index (κ1) is 16.8. The fraction of sp³-hybridized carbons (Fsp3) is 0.200. The van der Waals surface area contributed by atoms with Crippen molar-refractivity contribution in [3.63, 3.8) is 0 Å². The second-order valence-corrected chi connectivity index (χ2v) is 6.10. The number of nitrogens with one attached hydrogen (secondary N) is 1. The van der Waals surface area contributed by atoms with E-state index in [0.717, 1.165) is 17.8 Å². The molecule has 3 rings (SSSR count). The first-order chi connectivity index (χ1) is 12.1. The van der Waals surface area contributed by atoms with Crippen molar-refractivity contribution in [3.05, 3.63) is 83.2 Å². The number of guanidine groups is 1. The predicted molar refractivity (Wildman–Crippen MR) is 103 cm³/mol. The second-order valence-electron chi connectivity index (χ2n) is 6.10. The SMILES string of the molecule is Cc1ccc(NC(N)=NCc2ccccc2Cn2cccn2)cc1C. The maximum absolute atomic E-state index is 6.05. The molecule has 0 aliphatic carbocycles. The molecule has 25 heavy (non-hydrogen) atoms. The highest BCUT2D eigenvalue weighted by atomic mass is 15.3. The topological polar surface area (TPSA) is 68.2 Å². The molecule has 3 aromatic rings. The lowest BCUT2D eigenvalue weighted by Gasteiger charge is -2.10. The number of aromatic nitrogens is 2. The summed E-state index contributed by atoms with van der Waals surface area (Å²) in [4.78, 5) is 4.49. The maximum Gasteiger partial charge on any atom is 0.193 e. The summed E-state index contributed by atoms with van der Waals surface area (Å²) < 4.78 is 1.90. The lowest BCUT2D eigenvalue weighted by molar-refractivity contribution is 0.681. The molecule has 5 heteroatoms. The summed E-state index contributed by atoms with van der Waals surface area (Å²) >= 11 is 0. The number of rotatable bonds is 5. The van der Waals surface area contributed by atoms with Crippen molar-refractivity contribution in [2.24, 2.45) is 10.7 Å². The van der Waals surface area contributed by atoms with Crippen LogP contribution in [0.25, 0.3) is 0 Å². The van der Waals surface area contributed by atoms with Crippen molar-refractivity contribution in [1.29, 1.82) is 0 Å². The number of aliphatic imine (C=N–C) groups is 1. The molecule has 0 unspecified atom stereocenters. The minimum absolute atomic E-state index is 0.414. The standard InChI is InChI=1S/C20H23N5/c1-15-8-9-19(12-16(15)2)24-20(21)22-13-17-6-3-4-7-18(17)14-25-11-5-10-23-25/h3-12H,13-14H2,1-2H3,(H3,21,22,24). The highest BCUT2D eigenvalue weighted by Crippen LogP contribution is 2.15. The van der Waals surface area contributed by atoms with E-state index in [-0.39, 0.29) is 0 Å². The van der Waals surface area contributed by atoms with Crippen molar-refractivity contribution in [2.45, 2.75) is 26.9 Å². The van der Waals surface area contributed by atoms with Crippen molar-refractivity contribution in [2.75, 3.05) is 5.32 Å². The summed E-state index contributed by atoms with van der Waals surface area (Å²) in [5, 5.41) is 7.42. The van der Waals surface area contributed by atoms with Gasteiger partial charge in [-0.05, 0) is 54.3 Å². The van der Waals surface area contributed by atoms with Crippen LogP contribution in [0.4, 0.5) is 5.69 Å². The Morgan fingerprint density at radius 1 is 1.08 bits per heavy atom. The summed E-state index contributed by atoms with van der Waals surface area (Å²) in [7, 11) is 0. The third-order valence-corrected chi connectivity index (χ3v) is 4.21. The maximum atomic E-state index is 6.05. The summed E-state index contributed by atoms with van der Waals surface area (Å²) in [6, 6.07) is 16.3. The minimum atomic E-state index is 0.414. The van der Waals surface area contributed by atoms with Crippen LogP contribution in [0.15, 0.2) is 65.9 Å². The lowest BCUT2D eigenvalue weighted by Crippen LogP contribution is -2.22. The molecule has 1 heterocycles. The number of anilines is 1. The molecule has 0 saturated heterocycles. The van der Waals surface area contributed by atoms with E-state index in [1.807, 2.05) is 35.1 Å². The minimum Gasteiger partial charge on any atom is -0.370 e. The van der Waals surface area contributed by atoms with E-state index in [9.17, 15) is 0 Å². The monoisotopic (exact) mass is 333 g/mol. The van der Waals surface area contributed by atoms with Gasteiger partial charge < -0.3 is 11.1 Å². The number of hydrogen-bond donors (Lipinski definition) is 2. The van der Waals surface area contributed by atoms with Gasteiger partial charge in [0.05, 0.1) is 13.1 Å². The van der Waals surface area contributed by atoms with Gasteiger partial charge in [-0.15, -0.1) is 0 Å². The Morgan fingerprint density at radius 3 is 2.60 bits per heavy atom. The zero-order chi connectivity index (χ0) is 17.6. The fourth-order valence-corrected chi connectivity index (χ4v) is 2.61. The molecule has 1 aromatic heterocycles. The molecule has 3 N–H and O–H groups in total. The Hall–Kier alpha value is -3.08. The largest absolute Gasteiger partial charge is 0.370 e. The highest BCUT2D eigenvalue weighted by Gasteiger charge is 2.03. The van der Waals surface area contributed by atoms with Crippen LogP contribution in [-0.4, -0.2) is 15.7 Å². The van der Waals surface area contributed by atoms with Crippen LogP contribution in [0, 0.1) is 13.8 Å². The average Bonchev–Trinajstić information content (AvgIpc) is 3.10. The fourth-order valence-electron chi connectivity index (χ4n) is 2.61. The third kappa shape index (κ3) is 4.47. The predicted octanol–water partition coefficient (Wildman–Crippen LogP) is 3.48. The van der Waals surface area contributed by atoms with Crippen molar-refractivity contribution >= 4 is 11.6 Å². The average molecular weight is 333 g/mol. The molecule has 0 atom stereocenters. The summed E-state index contributed by atoms with van der Waals surface area (Å²) in [5.74, 6) is 0.414. The first-order valence-corrected chi connectivity index (χ1v) is 8.30. The normalized spacial score (nSPS) is 11.5. The van der Waals surface area contributed by atoms with Gasteiger partial charge in [-0.2, -0.15) is 5.10 Å². The van der Waals surface area contributed by atoms with Gasteiger partial charge in [0.25, 0.3) is 0 Å². The van der Waals surface area contributed by atoms with Gasteiger partial charge in [-0.25, -0.2) is 4.99 Å². The van der Waals surface area contributed by atoms with Crippen LogP contribution in [0.1, 0.15) is 22.3 Å². The van der Waals surface area contributed by atoms with Gasteiger partial charge in [0.2, 0.25) is 0 Å². The Bertz CT molecular complexity index is 866. The molecule has 128 valence electrons. The quantitative estimate of drug-likeness (QED) is 0.555. The van der Waals surface area contributed by atoms with Gasteiger partial charge in [-0.3, -0.25) is 4.68 Å². The molecule has 0 bridgehead atoms. The lowest BCUT2D eigenvalue weighted by atomic mass is 10.1. The summed E-state index contributed by atoms with van der Waals surface area (Å²) in [6.45, 7) is 5.43. The van der Waals surface area contributed by atoms with Crippen LogP contribution in [0.5, 0.6) is 0 Å². The van der Waals surface area contributed by atoms with Gasteiger partial charge >= 0.3 is 0 Å². The Labute approximate surface area is 148 Å². The zero-order valence-electron chi connectivity index (χ0n) is 14.6. The second kappa shape index (κ2) is 7.66. The third-order valence-electron chi connectivity index (χ3n) is 4.21. The molecule has 0 amide bonds. The van der Waals surface area contributed by atoms with Gasteiger partial charge in [0.15, 0.2) is 5.96 Å². The molecular formula is C20H23N5. The van der Waals surface area contributed by atoms with Crippen molar-refractivity contribution in [1.82, 2.24) is 9.78 Å². The Morgan fingerprint density at radius 2 is 1.88 bits per heavy atom. The molecule has 2 aromatic carbocycles. The van der Waals surface area contributed by atoms with Gasteiger partial charge in [0.1, 0.15) is 0 Å². The highest BCUT2D eigenvalue weighted by molar-refractivity contribution is 5.92. The van der Waals surface area contributed by atoms with E-state index in [2.05, 4.69) is 53.5 Å². The van der Waals surface area contributed by atoms with E-state index in [1.165, 1.54) is 16.7 Å². The van der Waals surface area contributed by atoms with Crippen LogP contribution in [0.3, 0.4) is 0 Å². The molecular weight excluding hydrogens is 310 g/mol. The smallest absolute Gasteiger partial charge is 0.193 e. The van der Waals surface area contributed by atoms with E-state index >= 15 is 0 Å². The first-order valence-electron chi connectivity index (χ1n) is 8.30. The van der Waals surface area contributed by atoms with Crippen LogP contribution < -0.4 is 11.1 Å². The molecule has 0 aliphatic heterocycles. The molecule has 0 radical (unpaired) electrons. The van der Waals surface area contributed by atoms with E-state index in [0.29, 0.717) is 12.5 Å².